The number of phenols is 1. The number of nitrogens with one attached hydrogen (secondary N) is 2. The highest BCUT2D eigenvalue weighted by atomic mass is 35.5. The maximum absolute atomic E-state index is 13.0. The van der Waals surface area contributed by atoms with E-state index in [0.717, 1.165) is 11.8 Å². The number of aromatic nitrogens is 3. The van der Waals surface area contributed by atoms with Crippen molar-refractivity contribution in [3.63, 3.8) is 0 Å². The molecular formula is C19H17ClN4O3S2. The minimum Gasteiger partial charge on any atom is -0.506 e. The van der Waals surface area contributed by atoms with Crippen LogP contribution in [0.2, 0.25) is 5.02 Å². The van der Waals surface area contributed by atoms with E-state index in [2.05, 4.69) is 33.1 Å². The lowest BCUT2D eigenvalue weighted by Gasteiger charge is -2.17. The third-order valence-electron chi connectivity index (χ3n) is 4.10. The first-order chi connectivity index (χ1) is 13.8. The molecule has 0 aliphatic carbocycles. The lowest BCUT2D eigenvalue weighted by Crippen LogP contribution is -2.15. The monoisotopic (exact) mass is 448 g/mol. The van der Waals surface area contributed by atoms with Crippen molar-refractivity contribution in [1.29, 1.82) is 0 Å². The Morgan fingerprint density at radius 2 is 2.00 bits per heavy atom. The number of nitrogens with zero attached hydrogens (tertiary/aromatic N) is 2. The number of benzene rings is 2. The van der Waals surface area contributed by atoms with Gasteiger partial charge in [0.05, 0.1) is 15.5 Å². The molecule has 1 aromatic heterocycles. The number of aromatic amines is 1. The average molecular weight is 449 g/mol. The Labute approximate surface area is 177 Å². The number of aromatic hydroxyl groups is 1. The standard InChI is InChI=1S/C19H17ClN4O3S2/c1-4-12-13(5-2)18(25)16(28-19-21-10-22-23-19)9-15(12)24-29(26,27)17-8-6-7-14(20)11(17)3/h4-10,24-25H,1-2H2,3H3,(H,21,22,23). The highest BCUT2D eigenvalue weighted by Crippen LogP contribution is 2.42. The summed E-state index contributed by atoms with van der Waals surface area (Å²) in [4.78, 5) is 4.43. The van der Waals surface area contributed by atoms with E-state index in [9.17, 15) is 13.5 Å². The van der Waals surface area contributed by atoms with Crippen LogP contribution in [-0.4, -0.2) is 28.7 Å². The molecule has 2 aromatic carbocycles. The van der Waals surface area contributed by atoms with Gasteiger partial charge in [0.1, 0.15) is 12.1 Å². The smallest absolute Gasteiger partial charge is 0.262 e. The lowest BCUT2D eigenvalue weighted by atomic mass is 10.0. The summed E-state index contributed by atoms with van der Waals surface area (Å²) in [7, 11) is -3.96. The molecule has 0 saturated carbocycles. The third kappa shape index (κ3) is 4.16. The molecule has 0 aliphatic heterocycles. The van der Waals surface area contributed by atoms with Crippen molar-refractivity contribution in [2.75, 3.05) is 4.72 Å². The van der Waals surface area contributed by atoms with Gasteiger partial charge in [0.25, 0.3) is 10.0 Å². The minimum absolute atomic E-state index is 0.0534. The molecule has 0 spiro atoms. The Morgan fingerprint density at radius 1 is 1.28 bits per heavy atom. The van der Waals surface area contributed by atoms with Crippen molar-refractivity contribution in [1.82, 2.24) is 15.2 Å². The van der Waals surface area contributed by atoms with Gasteiger partial charge in [-0.05, 0) is 42.4 Å². The Morgan fingerprint density at radius 3 is 2.62 bits per heavy atom. The van der Waals surface area contributed by atoms with Crippen molar-refractivity contribution < 1.29 is 13.5 Å². The summed E-state index contributed by atoms with van der Waals surface area (Å²) >= 11 is 7.17. The van der Waals surface area contributed by atoms with Gasteiger partial charge in [-0.2, -0.15) is 5.10 Å². The largest absolute Gasteiger partial charge is 0.506 e. The van der Waals surface area contributed by atoms with Gasteiger partial charge in [-0.1, -0.05) is 43.0 Å². The second-order valence-corrected chi connectivity index (χ2v) is 8.96. The van der Waals surface area contributed by atoms with E-state index < -0.39 is 10.0 Å². The summed E-state index contributed by atoms with van der Waals surface area (Å²) in [6, 6.07) is 6.16. The number of anilines is 1. The molecule has 0 fully saturated rings. The predicted molar refractivity (Wildman–Crippen MR) is 116 cm³/mol. The van der Waals surface area contributed by atoms with E-state index in [-0.39, 0.29) is 16.3 Å². The maximum Gasteiger partial charge on any atom is 0.262 e. The van der Waals surface area contributed by atoms with E-state index >= 15 is 0 Å². The molecule has 0 radical (unpaired) electrons. The van der Waals surface area contributed by atoms with Crippen LogP contribution >= 0.6 is 23.4 Å². The van der Waals surface area contributed by atoms with Gasteiger partial charge >= 0.3 is 0 Å². The maximum atomic E-state index is 13.0. The van der Waals surface area contributed by atoms with E-state index in [1.54, 1.807) is 19.1 Å². The van der Waals surface area contributed by atoms with Gasteiger partial charge in [0, 0.05) is 16.1 Å². The lowest BCUT2D eigenvalue weighted by molar-refractivity contribution is 0.461. The molecule has 0 bridgehead atoms. The van der Waals surface area contributed by atoms with Gasteiger partial charge in [0.2, 0.25) is 0 Å². The van der Waals surface area contributed by atoms with Gasteiger partial charge in [-0.15, -0.1) is 0 Å². The van der Waals surface area contributed by atoms with Crippen LogP contribution in [0.15, 0.2) is 58.7 Å². The van der Waals surface area contributed by atoms with Crippen molar-refractivity contribution in [2.45, 2.75) is 21.9 Å². The number of H-pyrrole nitrogens is 1. The molecule has 29 heavy (non-hydrogen) atoms. The number of hydrogen-bond acceptors (Lipinski definition) is 6. The van der Waals surface area contributed by atoms with Crippen LogP contribution in [0.1, 0.15) is 16.7 Å². The number of phenolic OH excluding ortho intramolecular Hbond substituents is 1. The SMILES string of the molecule is C=Cc1c(NS(=O)(=O)c2cccc(Cl)c2C)cc(Sc2ncn[nH]2)c(O)c1C=C. The van der Waals surface area contributed by atoms with Crippen LogP contribution in [-0.2, 0) is 10.0 Å². The second-order valence-electron chi connectivity index (χ2n) is 5.87. The molecule has 0 saturated heterocycles. The fourth-order valence-electron chi connectivity index (χ4n) is 2.70. The van der Waals surface area contributed by atoms with Gasteiger partial charge in [-0.3, -0.25) is 9.82 Å². The molecule has 150 valence electrons. The van der Waals surface area contributed by atoms with Crippen molar-refractivity contribution >= 4 is 51.2 Å². The number of sulfonamides is 1. The van der Waals surface area contributed by atoms with Crippen LogP contribution in [0, 0.1) is 6.92 Å². The van der Waals surface area contributed by atoms with Crippen LogP contribution in [0.3, 0.4) is 0 Å². The molecule has 1 heterocycles. The first-order valence-electron chi connectivity index (χ1n) is 8.24. The highest BCUT2D eigenvalue weighted by molar-refractivity contribution is 7.99. The predicted octanol–water partition coefficient (Wildman–Crippen LogP) is 4.71. The minimum atomic E-state index is -3.96. The molecule has 3 N–H and O–H groups in total. The summed E-state index contributed by atoms with van der Waals surface area (Å²) in [5.74, 6) is -0.0711. The first-order valence-corrected chi connectivity index (χ1v) is 10.9. The number of rotatable bonds is 7. The quantitative estimate of drug-likeness (QED) is 0.452. The van der Waals surface area contributed by atoms with Crippen molar-refractivity contribution in [2.24, 2.45) is 0 Å². The van der Waals surface area contributed by atoms with E-state index in [4.69, 9.17) is 11.6 Å². The molecule has 0 amide bonds. The average Bonchev–Trinajstić information content (AvgIpc) is 3.18. The van der Waals surface area contributed by atoms with Gasteiger partial charge in [-0.25, -0.2) is 13.4 Å². The second kappa shape index (κ2) is 8.32. The van der Waals surface area contributed by atoms with Gasteiger partial charge < -0.3 is 5.11 Å². The molecule has 3 rings (SSSR count). The van der Waals surface area contributed by atoms with Crippen molar-refractivity contribution in [3.05, 3.63) is 65.5 Å². The summed E-state index contributed by atoms with van der Waals surface area (Å²) in [5, 5.41) is 17.8. The zero-order chi connectivity index (χ0) is 21.2. The van der Waals surface area contributed by atoms with Crippen molar-refractivity contribution in [3.8, 4) is 5.75 Å². The summed E-state index contributed by atoms with van der Waals surface area (Å²) < 4.78 is 28.6. The number of halogens is 1. The summed E-state index contributed by atoms with van der Waals surface area (Å²) in [6.07, 6.45) is 4.21. The third-order valence-corrected chi connectivity index (χ3v) is 6.94. The van der Waals surface area contributed by atoms with Crippen LogP contribution in [0.4, 0.5) is 5.69 Å². The summed E-state index contributed by atoms with van der Waals surface area (Å²) in [6.45, 7) is 9.07. The topological polar surface area (TPSA) is 108 Å². The van der Waals surface area contributed by atoms with E-state index in [1.807, 2.05) is 0 Å². The number of hydrogen-bond donors (Lipinski definition) is 3. The zero-order valence-electron chi connectivity index (χ0n) is 15.3. The van der Waals surface area contributed by atoms with Gasteiger partial charge in [0.15, 0.2) is 5.16 Å². The normalized spacial score (nSPS) is 11.2. The van der Waals surface area contributed by atoms with Crippen LogP contribution in [0.25, 0.3) is 12.2 Å². The molecule has 0 unspecified atom stereocenters. The first kappa shape index (κ1) is 21.0. The summed E-state index contributed by atoms with van der Waals surface area (Å²) in [5.41, 5.74) is 1.39. The Hall–Kier alpha value is -2.75. The van der Waals surface area contributed by atoms with Crippen LogP contribution < -0.4 is 4.72 Å². The Balaban J connectivity index is 2.13. The zero-order valence-corrected chi connectivity index (χ0v) is 17.7. The fourth-order valence-corrected chi connectivity index (χ4v) is 5.06. The molecule has 3 aromatic rings. The Bertz CT molecular complexity index is 1190. The van der Waals surface area contributed by atoms with Crippen LogP contribution in [0.5, 0.6) is 5.75 Å². The molecule has 0 atom stereocenters. The molecular weight excluding hydrogens is 432 g/mol. The Kier molecular flexibility index (Phi) is 6.02. The van der Waals surface area contributed by atoms with E-state index in [0.29, 0.717) is 31.8 Å². The fraction of sp³-hybridized carbons (Fsp3) is 0.0526. The molecule has 0 aliphatic rings. The molecule has 10 heteroatoms. The highest BCUT2D eigenvalue weighted by Gasteiger charge is 2.22. The molecule has 7 nitrogen and oxygen atoms in total. The van der Waals surface area contributed by atoms with E-state index in [1.165, 1.54) is 30.6 Å².